The van der Waals surface area contributed by atoms with Crippen molar-refractivity contribution in [2.45, 2.75) is 13.0 Å². The van der Waals surface area contributed by atoms with Gasteiger partial charge >= 0.3 is 0 Å². The highest BCUT2D eigenvalue weighted by Gasteiger charge is 2.19. The van der Waals surface area contributed by atoms with Crippen molar-refractivity contribution in [2.24, 2.45) is 0 Å². The number of carbonyl (C=O) groups is 1. The predicted molar refractivity (Wildman–Crippen MR) is 121 cm³/mol. The molecule has 1 aliphatic rings. The van der Waals surface area contributed by atoms with E-state index in [4.69, 9.17) is 9.47 Å². The largest absolute Gasteiger partial charge is 0.484 e. The molecule has 0 aliphatic carbocycles. The standard InChI is InChI=1S/C26H28N2O3/c29-26(21-30-23-10-3-1-4-11-23)28-16-8-15-27(17-18-28)20-22-9-7-14-25(19-22)31-24-12-5-2-6-13-24/h1-7,9-14,19H,8,15-18,20-21H2. The minimum absolute atomic E-state index is 0.0453. The summed E-state index contributed by atoms with van der Waals surface area (Å²) < 4.78 is 11.6. The zero-order chi connectivity index (χ0) is 21.3. The van der Waals surface area contributed by atoms with Crippen LogP contribution < -0.4 is 9.47 Å². The van der Waals surface area contributed by atoms with Crippen LogP contribution >= 0.6 is 0 Å². The minimum atomic E-state index is 0.0453. The molecule has 1 heterocycles. The molecule has 1 amide bonds. The van der Waals surface area contributed by atoms with Gasteiger partial charge in [0.25, 0.3) is 5.91 Å². The molecule has 0 saturated carbocycles. The van der Waals surface area contributed by atoms with Crippen LogP contribution in [0.2, 0.25) is 0 Å². The van der Waals surface area contributed by atoms with Crippen LogP contribution in [0.3, 0.4) is 0 Å². The fourth-order valence-corrected chi connectivity index (χ4v) is 3.72. The molecule has 4 rings (SSSR count). The lowest BCUT2D eigenvalue weighted by molar-refractivity contribution is -0.133. The number of benzene rings is 3. The molecule has 1 aliphatic heterocycles. The maximum atomic E-state index is 12.6. The van der Waals surface area contributed by atoms with Crippen molar-refractivity contribution in [1.82, 2.24) is 9.80 Å². The molecule has 31 heavy (non-hydrogen) atoms. The van der Waals surface area contributed by atoms with Crippen molar-refractivity contribution < 1.29 is 14.3 Å². The van der Waals surface area contributed by atoms with E-state index in [1.807, 2.05) is 77.7 Å². The predicted octanol–water partition coefficient (Wildman–Crippen LogP) is 4.59. The van der Waals surface area contributed by atoms with Crippen LogP contribution in [0.25, 0.3) is 0 Å². The van der Waals surface area contributed by atoms with Gasteiger partial charge in [-0.3, -0.25) is 9.69 Å². The Morgan fingerprint density at radius 1 is 0.742 bits per heavy atom. The summed E-state index contributed by atoms with van der Waals surface area (Å²) in [5.74, 6) is 2.45. The molecule has 1 saturated heterocycles. The van der Waals surface area contributed by atoms with Gasteiger partial charge in [0.1, 0.15) is 17.2 Å². The maximum Gasteiger partial charge on any atom is 0.260 e. The molecule has 0 bridgehead atoms. The van der Waals surface area contributed by atoms with Gasteiger partial charge in [-0.25, -0.2) is 0 Å². The Kier molecular flexibility index (Phi) is 7.19. The molecule has 5 heteroatoms. The van der Waals surface area contributed by atoms with E-state index >= 15 is 0 Å². The Bertz CT molecular complexity index is 963. The highest BCUT2D eigenvalue weighted by Crippen LogP contribution is 2.22. The van der Waals surface area contributed by atoms with Gasteiger partial charge in [-0.15, -0.1) is 0 Å². The summed E-state index contributed by atoms with van der Waals surface area (Å²) in [6, 6.07) is 27.5. The van der Waals surface area contributed by atoms with E-state index in [0.717, 1.165) is 56.4 Å². The zero-order valence-electron chi connectivity index (χ0n) is 17.7. The van der Waals surface area contributed by atoms with Crippen molar-refractivity contribution in [1.29, 1.82) is 0 Å². The van der Waals surface area contributed by atoms with Crippen molar-refractivity contribution >= 4 is 5.91 Å². The van der Waals surface area contributed by atoms with Crippen molar-refractivity contribution in [2.75, 3.05) is 32.8 Å². The molecule has 0 N–H and O–H groups in total. The van der Waals surface area contributed by atoms with Crippen molar-refractivity contribution in [3.8, 4) is 17.2 Å². The molecule has 160 valence electrons. The number of ether oxygens (including phenoxy) is 2. The van der Waals surface area contributed by atoms with Crippen LogP contribution in [0.1, 0.15) is 12.0 Å². The topological polar surface area (TPSA) is 42.0 Å². The summed E-state index contributed by atoms with van der Waals surface area (Å²) >= 11 is 0. The van der Waals surface area contributed by atoms with E-state index in [0.29, 0.717) is 0 Å². The lowest BCUT2D eigenvalue weighted by Crippen LogP contribution is -2.38. The molecule has 5 nitrogen and oxygen atoms in total. The third-order valence-corrected chi connectivity index (χ3v) is 5.33. The van der Waals surface area contributed by atoms with Gasteiger partial charge in [0.2, 0.25) is 0 Å². The van der Waals surface area contributed by atoms with Crippen LogP contribution in [-0.2, 0) is 11.3 Å². The lowest BCUT2D eigenvalue weighted by atomic mass is 10.2. The van der Waals surface area contributed by atoms with E-state index in [1.165, 1.54) is 5.56 Å². The summed E-state index contributed by atoms with van der Waals surface area (Å²) in [7, 11) is 0. The highest BCUT2D eigenvalue weighted by molar-refractivity contribution is 5.77. The summed E-state index contributed by atoms with van der Waals surface area (Å²) in [6.45, 7) is 4.23. The number of carbonyl (C=O) groups excluding carboxylic acids is 1. The Hall–Kier alpha value is -3.31. The third kappa shape index (κ3) is 6.33. The summed E-state index contributed by atoms with van der Waals surface area (Å²) in [5, 5.41) is 0. The monoisotopic (exact) mass is 416 g/mol. The fourth-order valence-electron chi connectivity index (χ4n) is 3.72. The number of rotatable bonds is 7. The van der Waals surface area contributed by atoms with Crippen molar-refractivity contribution in [3.05, 3.63) is 90.5 Å². The van der Waals surface area contributed by atoms with Gasteiger partial charge in [-0.2, -0.15) is 0 Å². The number of hydrogen-bond donors (Lipinski definition) is 0. The van der Waals surface area contributed by atoms with Gasteiger partial charge in [0.15, 0.2) is 6.61 Å². The Balaban J connectivity index is 1.28. The van der Waals surface area contributed by atoms with E-state index in [9.17, 15) is 4.79 Å². The van der Waals surface area contributed by atoms with Crippen molar-refractivity contribution in [3.63, 3.8) is 0 Å². The average molecular weight is 417 g/mol. The minimum Gasteiger partial charge on any atom is -0.484 e. The molecule has 0 spiro atoms. The first kappa shape index (κ1) is 20.9. The van der Waals surface area contributed by atoms with Gasteiger partial charge in [-0.1, -0.05) is 48.5 Å². The quantitative estimate of drug-likeness (QED) is 0.565. The number of para-hydroxylation sites is 2. The molecular weight excluding hydrogens is 388 g/mol. The number of hydrogen-bond acceptors (Lipinski definition) is 4. The second-order valence-corrected chi connectivity index (χ2v) is 7.67. The number of nitrogens with zero attached hydrogens (tertiary/aromatic N) is 2. The molecular formula is C26H28N2O3. The SMILES string of the molecule is O=C(COc1ccccc1)N1CCCN(Cc2cccc(Oc3ccccc3)c2)CC1. The van der Waals surface area contributed by atoms with Gasteiger partial charge in [-0.05, 0) is 48.4 Å². The Morgan fingerprint density at radius 2 is 1.45 bits per heavy atom. The second-order valence-electron chi connectivity index (χ2n) is 7.67. The fraction of sp³-hybridized carbons (Fsp3) is 0.269. The summed E-state index contributed by atoms with van der Waals surface area (Å²) in [4.78, 5) is 16.9. The highest BCUT2D eigenvalue weighted by atomic mass is 16.5. The Labute approximate surface area is 183 Å². The molecule has 3 aromatic carbocycles. The normalized spacial score (nSPS) is 14.6. The first-order valence-electron chi connectivity index (χ1n) is 10.8. The van der Waals surface area contributed by atoms with Crippen LogP contribution in [0.5, 0.6) is 17.2 Å². The second kappa shape index (κ2) is 10.6. The molecule has 3 aromatic rings. The third-order valence-electron chi connectivity index (χ3n) is 5.33. The average Bonchev–Trinajstić information content (AvgIpc) is 3.05. The van der Waals surface area contributed by atoms with Crippen LogP contribution in [0, 0.1) is 0 Å². The van der Waals surface area contributed by atoms with Gasteiger partial charge in [0.05, 0.1) is 0 Å². The van der Waals surface area contributed by atoms with E-state index in [1.54, 1.807) is 0 Å². The Morgan fingerprint density at radius 3 is 2.23 bits per heavy atom. The van der Waals surface area contributed by atoms with Gasteiger partial charge < -0.3 is 14.4 Å². The molecule has 0 radical (unpaired) electrons. The van der Waals surface area contributed by atoms with E-state index in [2.05, 4.69) is 17.0 Å². The maximum absolute atomic E-state index is 12.6. The molecule has 0 atom stereocenters. The first-order chi connectivity index (χ1) is 15.3. The molecule has 0 unspecified atom stereocenters. The lowest BCUT2D eigenvalue weighted by Gasteiger charge is -2.22. The smallest absolute Gasteiger partial charge is 0.260 e. The van der Waals surface area contributed by atoms with E-state index < -0.39 is 0 Å². The van der Waals surface area contributed by atoms with Crippen LogP contribution in [-0.4, -0.2) is 48.5 Å². The summed E-state index contributed by atoms with van der Waals surface area (Å²) in [6.07, 6.45) is 0.956. The zero-order valence-corrected chi connectivity index (χ0v) is 17.7. The molecule has 0 aromatic heterocycles. The number of amides is 1. The first-order valence-corrected chi connectivity index (χ1v) is 10.8. The molecule has 1 fully saturated rings. The van der Waals surface area contributed by atoms with Crippen LogP contribution in [0.4, 0.5) is 0 Å². The van der Waals surface area contributed by atoms with E-state index in [-0.39, 0.29) is 12.5 Å². The van der Waals surface area contributed by atoms with Gasteiger partial charge in [0, 0.05) is 32.7 Å². The summed E-state index contributed by atoms with van der Waals surface area (Å²) in [5.41, 5.74) is 1.21. The van der Waals surface area contributed by atoms with Crippen LogP contribution in [0.15, 0.2) is 84.9 Å².